The normalized spacial score (nSPS) is 16.6. The molecule has 0 radical (unpaired) electrons. The van der Waals surface area contributed by atoms with Crippen molar-refractivity contribution in [2.75, 3.05) is 20.2 Å². The van der Waals surface area contributed by atoms with E-state index in [-0.39, 0.29) is 17.6 Å². The van der Waals surface area contributed by atoms with Gasteiger partial charge in [0.2, 0.25) is 5.91 Å². The van der Waals surface area contributed by atoms with E-state index in [1.807, 2.05) is 78.9 Å². The Morgan fingerprint density at radius 2 is 1.53 bits per heavy atom. The van der Waals surface area contributed by atoms with Gasteiger partial charge in [-0.25, -0.2) is 0 Å². The molecular formula is C30H35ClN2O3. The van der Waals surface area contributed by atoms with Crippen LogP contribution in [0.25, 0.3) is 0 Å². The molecule has 190 valence electrons. The van der Waals surface area contributed by atoms with Crippen LogP contribution in [0.5, 0.6) is 11.5 Å². The number of hydrogen-bond acceptors (Lipinski definition) is 4. The fourth-order valence-corrected chi connectivity index (χ4v) is 5.50. The third kappa shape index (κ3) is 5.23. The summed E-state index contributed by atoms with van der Waals surface area (Å²) >= 11 is 6.45. The average molecular weight is 507 g/mol. The van der Waals surface area contributed by atoms with Gasteiger partial charge in [0.25, 0.3) is 0 Å². The predicted octanol–water partition coefficient (Wildman–Crippen LogP) is 5.83. The fraction of sp³-hybridized carbons (Fsp3) is 0.367. The van der Waals surface area contributed by atoms with Gasteiger partial charge in [0.1, 0.15) is 22.6 Å². The van der Waals surface area contributed by atoms with Crippen LogP contribution in [0.1, 0.15) is 44.2 Å². The van der Waals surface area contributed by atoms with E-state index in [4.69, 9.17) is 26.8 Å². The average Bonchev–Trinajstić information content (AvgIpc) is 3.36. The number of rotatable bonds is 10. The number of benzene rings is 3. The molecular weight excluding hydrogens is 472 g/mol. The van der Waals surface area contributed by atoms with Crippen LogP contribution in [0.2, 0.25) is 5.02 Å². The number of carbonyl (C=O) groups excluding carboxylic acids is 1. The molecule has 1 amide bonds. The number of methoxy groups -OCH3 is 1. The summed E-state index contributed by atoms with van der Waals surface area (Å²) in [6.07, 6.45) is 2.31. The molecule has 1 heterocycles. The summed E-state index contributed by atoms with van der Waals surface area (Å²) in [7, 11) is 1.60. The first-order valence-electron chi connectivity index (χ1n) is 12.4. The zero-order valence-corrected chi connectivity index (χ0v) is 22.0. The lowest BCUT2D eigenvalue weighted by Gasteiger charge is -2.40. The number of carbonyl (C=O) groups is 1. The monoisotopic (exact) mass is 506 g/mol. The third-order valence-electron chi connectivity index (χ3n) is 7.51. The van der Waals surface area contributed by atoms with E-state index in [0.29, 0.717) is 22.9 Å². The highest BCUT2D eigenvalue weighted by Crippen LogP contribution is 2.40. The predicted molar refractivity (Wildman–Crippen MR) is 145 cm³/mol. The molecule has 1 aliphatic rings. The van der Waals surface area contributed by atoms with Gasteiger partial charge in [0.15, 0.2) is 0 Å². The summed E-state index contributed by atoms with van der Waals surface area (Å²) in [4.78, 5) is 15.6. The van der Waals surface area contributed by atoms with E-state index in [0.717, 1.165) is 37.1 Å². The Labute approximate surface area is 219 Å². The van der Waals surface area contributed by atoms with E-state index in [1.54, 1.807) is 7.11 Å². The Hall–Kier alpha value is -3.02. The molecule has 1 aliphatic heterocycles. The third-order valence-corrected chi connectivity index (χ3v) is 7.88. The lowest BCUT2D eigenvalue weighted by atomic mass is 9.69. The number of hydrogen-bond donors (Lipinski definition) is 1. The molecule has 1 atom stereocenters. The van der Waals surface area contributed by atoms with Crippen LogP contribution in [0.3, 0.4) is 0 Å². The second-order valence-electron chi connectivity index (χ2n) is 10.1. The molecule has 0 aliphatic carbocycles. The second kappa shape index (κ2) is 10.9. The van der Waals surface area contributed by atoms with Crippen molar-refractivity contribution >= 4 is 17.5 Å². The topological polar surface area (TPSA) is 64.8 Å². The van der Waals surface area contributed by atoms with E-state index in [9.17, 15) is 4.79 Å². The first-order chi connectivity index (χ1) is 17.3. The highest BCUT2D eigenvalue weighted by atomic mass is 35.5. The van der Waals surface area contributed by atoms with E-state index in [1.165, 1.54) is 0 Å². The zero-order valence-electron chi connectivity index (χ0n) is 21.2. The Kier molecular flexibility index (Phi) is 7.91. The summed E-state index contributed by atoms with van der Waals surface area (Å²) < 4.78 is 11.6. The lowest BCUT2D eigenvalue weighted by Crippen LogP contribution is -2.47. The molecule has 0 spiro atoms. The summed E-state index contributed by atoms with van der Waals surface area (Å²) in [6.45, 7) is 6.14. The van der Waals surface area contributed by atoms with Crippen LogP contribution < -0.4 is 15.2 Å². The van der Waals surface area contributed by atoms with E-state index < -0.39 is 5.41 Å². The van der Waals surface area contributed by atoms with Gasteiger partial charge >= 0.3 is 0 Å². The van der Waals surface area contributed by atoms with Crippen molar-refractivity contribution in [3.63, 3.8) is 0 Å². The number of amides is 1. The molecule has 3 aromatic rings. The standard InChI is InChI=1S/C30H35ClN2O3/c1-29(2,33-20-17-24(21-33)36-26-16-10-15-25(35-3)27(26)31)18-19-30(28(32)34,22-11-6-4-7-12-22)23-13-8-5-9-14-23/h4-16,24H,17-21H2,1-3H3,(H2,32,34)/t24-/m0/s1. The van der Waals surface area contributed by atoms with E-state index >= 15 is 0 Å². The Morgan fingerprint density at radius 3 is 2.08 bits per heavy atom. The molecule has 2 N–H and O–H groups in total. The van der Waals surface area contributed by atoms with Crippen LogP contribution in [0.4, 0.5) is 0 Å². The quantitative estimate of drug-likeness (QED) is 0.375. The molecule has 0 aromatic heterocycles. The van der Waals surface area contributed by atoms with Crippen LogP contribution in [-0.2, 0) is 10.2 Å². The number of ether oxygens (including phenoxy) is 2. The van der Waals surface area contributed by atoms with Gasteiger partial charge in [-0.3, -0.25) is 9.69 Å². The van der Waals surface area contributed by atoms with Gasteiger partial charge in [0.05, 0.1) is 12.5 Å². The maximum absolute atomic E-state index is 13.2. The minimum Gasteiger partial charge on any atom is -0.495 e. The molecule has 0 unspecified atom stereocenters. The van der Waals surface area contributed by atoms with Crippen molar-refractivity contribution in [1.29, 1.82) is 0 Å². The van der Waals surface area contributed by atoms with Crippen molar-refractivity contribution in [2.24, 2.45) is 5.73 Å². The van der Waals surface area contributed by atoms with Crippen LogP contribution in [0, 0.1) is 0 Å². The van der Waals surface area contributed by atoms with Crippen LogP contribution in [0.15, 0.2) is 78.9 Å². The summed E-state index contributed by atoms with van der Waals surface area (Å²) in [5, 5.41) is 0.495. The molecule has 1 saturated heterocycles. The molecule has 5 nitrogen and oxygen atoms in total. The molecule has 0 bridgehead atoms. The van der Waals surface area contributed by atoms with Gasteiger partial charge in [-0.1, -0.05) is 78.3 Å². The largest absolute Gasteiger partial charge is 0.495 e. The van der Waals surface area contributed by atoms with Crippen molar-refractivity contribution in [3.8, 4) is 11.5 Å². The minimum absolute atomic E-state index is 0.0259. The first kappa shape index (κ1) is 26.1. The van der Waals surface area contributed by atoms with E-state index in [2.05, 4.69) is 18.7 Å². The molecule has 36 heavy (non-hydrogen) atoms. The molecule has 1 fully saturated rings. The number of primary amides is 1. The minimum atomic E-state index is -0.899. The van der Waals surface area contributed by atoms with Gasteiger partial charge in [0, 0.05) is 18.6 Å². The highest BCUT2D eigenvalue weighted by Gasteiger charge is 2.43. The lowest BCUT2D eigenvalue weighted by molar-refractivity contribution is -0.122. The SMILES string of the molecule is COc1cccc(O[C@H]2CCN(C(C)(C)CCC(C(N)=O)(c3ccccc3)c3ccccc3)C2)c1Cl. The molecule has 0 saturated carbocycles. The maximum atomic E-state index is 13.2. The molecule has 3 aromatic carbocycles. The Morgan fingerprint density at radius 1 is 0.944 bits per heavy atom. The Bertz CT molecular complexity index is 1130. The van der Waals surface area contributed by atoms with Crippen molar-refractivity contribution < 1.29 is 14.3 Å². The van der Waals surface area contributed by atoms with Gasteiger partial charge in [-0.05, 0) is 56.4 Å². The highest BCUT2D eigenvalue weighted by molar-refractivity contribution is 6.33. The van der Waals surface area contributed by atoms with Crippen molar-refractivity contribution in [2.45, 2.75) is 50.2 Å². The molecule has 4 rings (SSSR count). The summed E-state index contributed by atoms with van der Waals surface area (Å²) in [6, 6.07) is 25.4. The smallest absolute Gasteiger partial charge is 0.232 e. The maximum Gasteiger partial charge on any atom is 0.232 e. The summed E-state index contributed by atoms with van der Waals surface area (Å²) in [5.74, 6) is 0.918. The van der Waals surface area contributed by atoms with Crippen molar-refractivity contribution in [1.82, 2.24) is 4.90 Å². The second-order valence-corrected chi connectivity index (χ2v) is 10.4. The summed E-state index contributed by atoms with van der Waals surface area (Å²) in [5.41, 5.74) is 6.96. The number of likely N-dealkylation sites (tertiary alicyclic amines) is 1. The number of halogens is 1. The van der Waals surface area contributed by atoms with Crippen molar-refractivity contribution in [3.05, 3.63) is 95.0 Å². The Balaban J connectivity index is 1.52. The fourth-order valence-electron chi connectivity index (χ4n) is 5.25. The van der Waals surface area contributed by atoms with Gasteiger partial charge in [-0.15, -0.1) is 0 Å². The van der Waals surface area contributed by atoms with Crippen LogP contribution in [-0.4, -0.2) is 42.6 Å². The number of nitrogens with two attached hydrogens (primary N) is 1. The number of nitrogens with zero attached hydrogens (tertiary/aromatic N) is 1. The van der Waals surface area contributed by atoms with Crippen LogP contribution >= 0.6 is 11.6 Å². The molecule has 6 heteroatoms. The van der Waals surface area contributed by atoms with Gasteiger partial charge in [-0.2, -0.15) is 0 Å². The zero-order chi connectivity index (χ0) is 25.8. The van der Waals surface area contributed by atoms with Gasteiger partial charge < -0.3 is 15.2 Å². The first-order valence-corrected chi connectivity index (χ1v) is 12.8.